The maximum atomic E-state index is 12.0. The van der Waals surface area contributed by atoms with Crippen molar-refractivity contribution in [2.45, 2.75) is 32.9 Å². The van der Waals surface area contributed by atoms with Gasteiger partial charge < -0.3 is 10.1 Å². The van der Waals surface area contributed by atoms with Crippen molar-refractivity contribution in [2.75, 3.05) is 16.8 Å². The molecule has 3 heterocycles. The number of nitrogens with one attached hydrogen (secondary N) is 1. The number of thiophene rings is 1. The van der Waals surface area contributed by atoms with Gasteiger partial charge in [0.2, 0.25) is 5.95 Å². The van der Waals surface area contributed by atoms with Crippen LogP contribution in [-0.2, 0) is 4.74 Å². The quantitative estimate of drug-likeness (QED) is 0.904. The van der Waals surface area contributed by atoms with Crippen molar-refractivity contribution < 1.29 is 9.53 Å². The van der Waals surface area contributed by atoms with Gasteiger partial charge in [-0.2, -0.15) is 4.98 Å². The van der Waals surface area contributed by atoms with Gasteiger partial charge in [-0.05, 0) is 30.4 Å². The first-order valence-electron chi connectivity index (χ1n) is 7.65. The summed E-state index contributed by atoms with van der Waals surface area (Å²) in [6.45, 7) is 6.59. The van der Waals surface area contributed by atoms with Gasteiger partial charge in [-0.15, -0.1) is 11.3 Å². The summed E-state index contributed by atoms with van der Waals surface area (Å²) >= 11 is 1.68. The molecule has 7 heteroatoms. The molecule has 0 spiro atoms. The standard InChI is InChI=1S/C16H20N4O2S/c1-10(2)12-9-22-16(21)20(12)14-6-7-17-15(19-14)18-11(3)13-5-4-8-23-13/h4-8,10-12H,9H2,1-3H3,(H,17,18,19). The number of carbonyl (C=O) groups is 1. The molecule has 0 aromatic carbocycles. The van der Waals surface area contributed by atoms with E-state index in [0.717, 1.165) is 0 Å². The average molecular weight is 332 g/mol. The van der Waals surface area contributed by atoms with Crippen molar-refractivity contribution in [3.63, 3.8) is 0 Å². The highest BCUT2D eigenvalue weighted by atomic mass is 32.1. The lowest BCUT2D eigenvalue weighted by atomic mass is 10.0. The Morgan fingerprint density at radius 1 is 1.39 bits per heavy atom. The van der Waals surface area contributed by atoms with E-state index in [2.05, 4.69) is 42.1 Å². The lowest BCUT2D eigenvalue weighted by molar-refractivity contribution is 0.177. The first-order valence-corrected chi connectivity index (χ1v) is 8.53. The molecule has 1 aliphatic heterocycles. The van der Waals surface area contributed by atoms with Gasteiger partial charge in [0.15, 0.2) is 0 Å². The van der Waals surface area contributed by atoms with Crippen LogP contribution in [0.25, 0.3) is 0 Å². The van der Waals surface area contributed by atoms with Crippen LogP contribution in [0.15, 0.2) is 29.8 Å². The molecule has 23 heavy (non-hydrogen) atoms. The zero-order valence-electron chi connectivity index (χ0n) is 13.4. The third-order valence-electron chi connectivity index (χ3n) is 3.88. The van der Waals surface area contributed by atoms with Crippen LogP contribution < -0.4 is 10.2 Å². The topological polar surface area (TPSA) is 67.4 Å². The van der Waals surface area contributed by atoms with Crippen LogP contribution in [0.4, 0.5) is 16.6 Å². The number of carbonyl (C=O) groups excluding carboxylic acids is 1. The van der Waals surface area contributed by atoms with Crippen LogP contribution in [0.2, 0.25) is 0 Å². The van der Waals surface area contributed by atoms with E-state index in [9.17, 15) is 4.79 Å². The monoisotopic (exact) mass is 332 g/mol. The Kier molecular flexibility index (Phi) is 4.47. The highest BCUT2D eigenvalue weighted by Gasteiger charge is 2.37. The predicted octanol–water partition coefficient (Wildman–Crippen LogP) is 3.69. The molecule has 1 aliphatic rings. The van der Waals surface area contributed by atoms with Crippen LogP contribution >= 0.6 is 11.3 Å². The minimum atomic E-state index is -0.348. The van der Waals surface area contributed by atoms with Crippen molar-refractivity contribution in [1.29, 1.82) is 0 Å². The number of amides is 1. The van der Waals surface area contributed by atoms with Gasteiger partial charge in [-0.3, -0.25) is 4.90 Å². The fourth-order valence-corrected chi connectivity index (χ4v) is 3.28. The molecule has 0 aliphatic carbocycles. The molecule has 1 N–H and O–H groups in total. The molecule has 0 bridgehead atoms. The lowest BCUT2D eigenvalue weighted by Crippen LogP contribution is -2.37. The summed E-state index contributed by atoms with van der Waals surface area (Å²) in [4.78, 5) is 23.6. The number of aromatic nitrogens is 2. The number of cyclic esters (lactones) is 1. The van der Waals surface area contributed by atoms with Gasteiger partial charge >= 0.3 is 6.09 Å². The molecular weight excluding hydrogens is 312 g/mol. The molecule has 0 radical (unpaired) electrons. The SMILES string of the molecule is CC(Nc1nccc(N2C(=O)OCC2C(C)C)n1)c1cccs1. The fraction of sp³-hybridized carbons (Fsp3) is 0.438. The number of ether oxygens (including phenoxy) is 1. The summed E-state index contributed by atoms with van der Waals surface area (Å²) in [7, 11) is 0. The van der Waals surface area contributed by atoms with Crippen LogP contribution in [0.5, 0.6) is 0 Å². The van der Waals surface area contributed by atoms with Crippen molar-refractivity contribution in [2.24, 2.45) is 5.92 Å². The minimum absolute atomic E-state index is 0.0000283. The van der Waals surface area contributed by atoms with E-state index in [0.29, 0.717) is 18.4 Å². The summed E-state index contributed by atoms with van der Waals surface area (Å²) in [5.41, 5.74) is 0. The first kappa shape index (κ1) is 15.7. The zero-order chi connectivity index (χ0) is 16.4. The van der Waals surface area contributed by atoms with Crippen molar-refractivity contribution in [3.8, 4) is 0 Å². The van der Waals surface area contributed by atoms with E-state index in [1.54, 1.807) is 28.5 Å². The molecule has 1 saturated heterocycles. The van der Waals surface area contributed by atoms with Crippen molar-refractivity contribution >= 4 is 29.2 Å². The minimum Gasteiger partial charge on any atom is -0.447 e. The number of hydrogen-bond acceptors (Lipinski definition) is 6. The molecule has 2 unspecified atom stereocenters. The Balaban J connectivity index is 1.81. The molecule has 122 valence electrons. The Labute approximate surface area is 139 Å². The molecule has 3 rings (SSSR count). The summed E-state index contributed by atoms with van der Waals surface area (Å²) < 4.78 is 5.18. The second kappa shape index (κ2) is 6.54. The molecule has 2 aromatic heterocycles. The van der Waals surface area contributed by atoms with Crippen LogP contribution in [0, 0.1) is 5.92 Å². The van der Waals surface area contributed by atoms with Gasteiger partial charge in [-0.1, -0.05) is 19.9 Å². The van der Waals surface area contributed by atoms with Gasteiger partial charge in [-0.25, -0.2) is 9.78 Å². The highest BCUT2D eigenvalue weighted by molar-refractivity contribution is 7.10. The number of rotatable bonds is 5. The molecule has 2 atom stereocenters. The van der Waals surface area contributed by atoms with Gasteiger partial charge in [0.25, 0.3) is 0 Å². The predicted molar refractivity (Wildman–Crippen MR) is 90.8 cm³/mol. The Morgan fingerprint density at radius 3 is 2.91 bits per heavy atom. The average Bonchev–Trinajstić information content (AvgIpc) is 3.16. The third kappa shape index (κ3) is 3.29. The van der Waals surface area contributed by atoms with E-state index in [-0.39, 0.29) is 24.1 Å². The maximum Gasteiger partial charge on any atom is 0.415 e. The second-order valence-electron chi connectivity index (χ2n) is 5.88. The molecule has 1 fully saturated rings. The summed E-state index contributed by atoms with van der Waals surface area (Å²) in [6, 6.07) is 5.93. The molecular formula is C16H20N4O2S. The van der Waals surface area contributed by atoms with Gasteiger partial charge in [0.05, 0.1) is 12.1 Å². The van der Waals surface area contributed by atoms with E-state index in [1.165, 1.54) is 4.88 Å². The van der Waals surface area contributed by atoms with E-state index < -0.39 is 0 Å². The summed E-state index contributed by atoms with van der Waals surface area (Å²) in [5.74, 6) is 1.37. The van der Waals surface area contributed by atoms with Crippen molar-refractivity contribution in [1.82, 2.24) is 9.97 Å². The van der Waals surface area contributed by atoms with E-state index >= 15 is 0 Å². The first-order chi connectivity index (χ1) is 11.1. The Hall–Kier alpha value is -2.15. The normalized spacial score (nSPS) is 19.0. The maximum absolute atomic E-state index is 12.0. The van der Waals surface area contributed by atoms with Crippen LogP contribution in [-0.4, -0.2) is 28.7 Å². The molecule has 1 amide bonds. The van der Waals surface area contributed by atoms with Gasteiger partial charge in [0, 0.05) is 11.1 Å². The molecule has 0 saturated carbocycles. The third-order valence-corrected chi connectivity index (χ3v) is 4.93. The second-order valence-corrected chi connectivity index (χ2v) is 6.86. The molecule has 6 nitrogen and oxygen atoms in total. The smallest absolute Gasteiger partial charge is 0.415 e. The molecule has 2 aromatic rings. The highest BCUT2D eigenvalue weighted by Crippen LogP contribution is 2.27. The van der Waals surface area contributed by atoms with Crippen LogP contribution in [0.1, 0.15) is 31.7 Å². The van der Waals surface area contributed by atoms with E-state index in [4.69, 9.17) is 4.74 Å². The lowest BCUT2D eigenvalue weighted by Gasteiger charge is -2.23. The largest absolute Gasteiger partial charge is 0.447 e. The van der Waals surface area contributed by atoms with Gasteiger partial charge in [0.1, 0.15) is 12.4 Å². The Morgan fingerprint density at radius 2 is 2.22 bits per heavy atom. The number of hydrogen-bond donors (Lipinski definition) is 1. The summed E-state index contributed by atoms with van der Waals surface area (Å²) in [5, 5.41) is 5.32. The van der Waals surface area contributed by atoms with E-state index in [1.807, 2.05) is 11.4 Å². The number of nitrogens with zero attached hydrogens (tertiary/aromatic N) is 3. The zero-order valence-corrected chi connectivity index (χ0v) is 14.2. The Bertz CT molecular complexity index is 674. The van der Waals surface area contributed by atoms with Crippen molar-refractivity contribution in [3.05, 3.63) is 34.7 Å². The summed E-state index contributed by atoms with van der Waals surface area (Å²) in [6.07, 6.45) is 1.31. The number of anilines is 2. The fourth-order valence-electron chi connectivity index (χ4n) is 2.55. The van der Waals surface area contributed by atoms with Crippen LogP contribution in [0.3, 0.4) is 0 Å².